The van der Waals surface area contributed by atoms with Gasteiger partial charge in [0.15, 0.2) is 0 Å². The summed E-state index contributed by atoms with van der Waals surface area (Å²) in [5.41, 5.74) is -1.23. The van der Waals surface area contributed by atoms with Crippen LogP contribution in [0.1, 0.15) is 141 Å². The van der Waals surface area contributed by atoms with Crippen molar-refractivity contribution in [3.8, 4) is 0 Å². The summed E-state index contributed by atoms with van der Waals surface area (Å²) in [7, 11) is 0. The molecule has 0 aliphatic rings. The normalized spacial score (nSPS) is 11.5. The zero-order chi connectivity index (χ0) is 24.2. The molecule has 1 aromatic carbocycles. The van der Waals surface area contributed by atoms with E-state index in [1.54, 1.807) is 0 Å². The van der Waals surface area contributed by atoms with Crippen LogP contribution in [0.4, 0.5) is 0 Å². The molecule has 0 radical (unpaired) electrons. The molecule has 0 aromatic heterocycles. The molecular formula is C28H49O2PS2Zn. The third-order valence-corrected chi connectivity index (χ3v) is 9.03. The Morgan fingerprint density at radius 3 is 1.24 bits per heavy atom. The molecule has 0 bridgehead atoms. The molecule has 0 amide bonds. The van der Waals surface area contributed by atoms with Crippen molar-refractivity contribution in [2.75, 3.05) is 0 Å². The topological polar surface area (TPSA) is 46.1 Å². The van der Waals surface area contributed by atoms with Gasteiger partial charge >= 0.3 is 19.5 Å². The summed E-state index contributed by atoms with van der Waals surface area (Å²) >= 11 is 5.52. The zero-order valence-corrected chi connectivity index (χ0v) is 27.7. The van der Waals surface area contributed by atoms with Gasteiger partial charge in [-0.3, -0.25) is 0 Å². The van der Waals surface area contributed by atoms with E-state index in [9.17, 15) is 9.79 Å². The molecule has 0 fully saturated rings. The molecule has 0 unspecified atom stereocenters. The van der Waals surface area contributed by atoms with Gasteiger partial charge < -0.3 is 9.79 Å². The minimum atomic E-state index is -3.78. The molecule has 0 saturated carbocycles. The molecule has 0 atom stereocenters. The summed E-state index contributed by atoms with van der Waals surface area (Å²) in [6, 6.07) is 6.40. The second kappa shape index (κ2) is 22.9. The van der Waals surface area contributed by atoms with E-state index in [0.29, 0.717) is 0 Å². The van der Waals surface area contributed by atoms with Crippen molar-refractivity contribution in [1.82, 2.24) is 0 Å². The number of unbranched alkanes of at least 4 members (excludes halogenated alkanes) is 16. The molecule has 1 rings (SSSR count). The maximum Gasteiger partial charge on any atom is 2.00 e. The maximum atomic E-state index is 11.7. The van der Waals surface area contributed by atoms with Crippen LogP contribution in [-0.4, -0.2) is 0 Å². The predicted octanol–water partition coefficient (Wildman–Crippen LogP) is 8.87. The molecule has 34 heavy (non-hydrogen) atoms. The minimum absolute atomic E-state index is 0. The van der Waals surface area contributed by atoms with Gasteiger partial charge in [0.25, 0.3) is 0 Å². The van der Waals surface area contributed by atoms with Crippen LogP contribution in [-0.2, 0) is 44.1 Å². The monoisotopic (exact) mass is 576 g/mol. The third kappa shape index (κ3) is 20.9. The molecule has 192 valence electrons. The quantitative estimate of drug-likeness (QED) is 0.0784. The Morgan fingerprint density at radius 1 is 0.588 bits per heavy atom. The van der Waals surface area contributed by atoms with E-state index in [1.807, 2.05) is 12.1 Å². The van der Waals surface area contributed by atoms with Gasteiger partial charge in [0.05, 0.1) is 0 Å². The first kappa shape index (κ1) is 34.8. The summed E-state index contributed by atoms with van der Waals surface area (Å²) in [6.45, 7) is 4.53. The average Bonchev–Trinajstić information content (AvgIpc) is 2.75. The first-order chi connectivity index (χ1) is 15.9. The predicted molar refractivity (Wildman–Crippen MR) is 148 cm³/mol. The van der Waals surface area contributed by atoms with Gasteiger partial charge in [0.2, 0.25) is 0 Å². The Bertz CT molecular complexity index is 611. The third-order valence-electron chi connectivity index (χ3n) is 6.38. The molecule has 6 heteroatoms. The smallest absolute Gasteiger partial charge is 0.824 e. The number of hydrogen-bond acceptors (Lipinski definition) is 4. The van der Waals surface area contributed by atoms with E-state index in [-0.39, 0.29) is 19.5 Å². The maximum absolute atomic E-state index is 11.7. The fraction of sp³-hybridized carbons (Fsp3) is 0.786. The summed E-state index contributed by atoms with van der Waals surface area (Å²) in [6.07, 6.45) is 25.9. The minimum Gasteiger partial charge on any atom is -0.824 e. The Morgan fingerprint density at radius 2 is 0.912 bits per heavy atom. The van der Waals surface area contributed by atoms with E-state index in [4.69, 9.17) is 0 Å². The van der Waals surface area contributed by atoms with Crippen molar-refractivity contribution in [2.45, 2.75) is 147 Å². The number of aryl methyl sites for hydroxylation is 2. The Balaban J connectivity index is 0.0000109. The van der Waals surface area contributed by atoms with Crippen LogP contribution in [0.3, 0.4) is 0 Å². The van der Waals surface area contributed by atoms with Crippen molar-refractivity contribution < 1.29 is 29.3 Å². The average molecular weight is 578 g/mol. The summed E-state index contributed by atoms with van der Waals surface area (Å²) in [4.78, 5) is 24.2. The molecule has 1 aromatic rings. The van der Waals surface area contributed by atoms with Crippen LogP contribution in [0, 0.1) is 0 Å². The van der Waals surface area contributed by atoms with E-state index in [1.165, 1.54) is 127 Å². The zero-order valence-electron chi connectivity index (χ0n) is 22.2. The van der Waals surface area contributed by atoms with Gasteiger partial charge in [0.1, 0.15) is 0 Å². The van der Waals surface area contributed by atoms with Gasteiger partial charge in [-0.15, -0.1) is 23.2 Å². The molecule has 2 nitrogen and oxygen atoms in total. The largest absolute Gasteiger partial charge is 2.00 e. The van der Waals surface area contributed by atoms with E-state index in [0.717, 1.165) is 29.1 Å². The first-order valence-electron chi connectivity index (χ1n) is 13.8. The van der Waals surface area contributed by atoms with Crippen LogP contribution in [0.2, 0.25) is 0 Å². The van der Waals surface area contributed by atoms with Crippen LogP contribution < -0.4 is 9.79 Å². The molecule has 0 spiro atoms. The number of benzene rings is 1. The van der Waals surface area contributed by atoms with E-state index >= 15 is 0 Å². The molecule has 0 heterocycles. The summed E-state index contributed by atoms with van der Waals surface area (Å²) in [5, 5.41) is 0. The molecule has 0 aliphatic carbocycles. The molecule has 0 N–H and O–H groups in total. The molecular weight excluding hydrogens is 529 g/mol. The van der Waals surface area contributed by atoms with Crippen molar-refractivity contribution in [3.05, 3.63) is 29.3 Å². The van der Waals surface area contributed by atoms with Gasteiger partial charge in [-0.1, -0.05) is 123 Å². The Hall–Kier alpha value is 0.763. The summed E-state index contributed by atoms with van der Waals surface area (Å²) in [5.74, 6) is 0. The van der Waals surface area contributed by atoms with Crippen molar-refractivity contribution in [3.63, 3.8) is 0 Å². The standard InChI is InChI=1S/C28H51O2PS2.Zn/c1-3-5-7-9-11-13-15-17-19-21-26-23-27(25-28(24-26)33-31(29,30)32)22-20-18-16-14-12-10-8-6-4-2;/h23-25H,3-22H2,1-2H3,(H2,29,30,32);/q;+2/p-2. The first-order valence-corrected chi connectivity index (χ1v) is 17.8. The van der Waals surface area contributed by atoms with E-state index in [2.05, 4.69) is 31.7 Å². The van der Waals surface area contributed by atoms with Gasteiger partial charge in [-0.05, 0) is 48.9 Å². The summed E-state index contributed by atoms with van der Waals surface area (Å²) < 4.78 is 0. The second-order valence-electron chi connectivity index (χ2n) is 9.68. The fourth-order valence-corrected chi connectivity index (χ4v) is 7.01. The van der Waals surface area contributed by atoms with Gasteiger partial charge in [-0.25, -0.2) is 0 Å². The van der Waals surface area contributed by atoms with E-state index < -0.39 is 5.69 Å². The Labute approximate surface area is 233 Å². The van der Waals surface area contributed by atoms with Crippen molar-refractivity contribution in [2.24, 2.45) is 0 Å². The number of rotatable bonds is 22. The van der Waals surface area contributed by atoms with Crippen LogP contribution in [0.5, 0.6) is 0 Å². The molecule has 0 saturated heterocycles. The van der Waals surface area contributed by atoms with Gasteiger partial charge in [-0.2, -0.15) is 5.69 Å². The van der Waals surface area contributed by atoms with Crippen LogP contribution in [0.15, 0.2) is 23.1 Å². The van der Waals surface area contributed by atoms with Crippen molar-refractivity contribution in [1.29, 1.82) is 0 Å². The fourth-order valence-electron chi connectivity index (χ4n) is 4.48. The van der Waals surface area contributed by atoms with Crippen LogP contribution >= 0.6 is 17.1 Å². The molecule has 0 aliphatic heterocycles. The van der Waals surface area contributed by atoms with Crippen molar-refractivity contribution >= 4 is 28.9 Å². The van der Waals surface area contributed by atoms with Gasteiger partial charge in [0, 0.05) is 4.90 Å². The number of hydrogen-bond donors (Lipinski definition) is 0. The van der Waals surface area contributed by atoms with Crippen LogP contribution in [0.25, 0.3) is 0 Å². The second-order valence-corrected chi connectivity index (χ2v) is 15.4. The Kier molecular flexibility index (Phi) is 23.4. The SMILES string of the molecule is CCCCCCCCCCCc1cc(CCCCCCCCCCC)cc(SP([O-])([O-])=S)c1.[Zn+2].